The maximum absolute atomic E-state index is 6.33. The maximum Gasteiger partial charge on any atom is 0.0438 e. The van der Waals surface area contributed by atoms with E-state index in [1.54, 1.807) is 0 Å². The van der Waals surface area contributed by atoms with Crippen molar-refractivity contribution in [3.05, 3.63) is 81.5 Å². The van der Waals surface area contributed by atoms with Crippen LogP contribution in [0.25, 0.3) is 0 Å². The highest BCUT2D eigenvalue weighted by atomic mass is 35.5. The Balaban J connectivity index is 2.17. The molecule has 0 spiro atoms. The lowest BCUT2D eigenvalue weighted by molar-refractivity contribution is 0.374. The number of halogens is 2. The Morgan fingerprint density at radius 3 is 2.38 bits per heavy atom. The zero-order chi connectivity index (χ0) is 17.7. The molecule has 0 radical (unpaired) electrons. The summed E-state index contributed by atoms with van der Waals surface area (Å²) in [5.74, 6) is 0.283. The predicted octanol–water partition coefficient (Wildman–Crippen LogP) is 6.83. The first-order chi connectivity index (χ1) is 11.4. The Hall–Kier alpha value is -1.44. The average molecular weight is 362 g/mol. The lowest BCUT2D eigenvalue weighted by Crippen LogP contribution is -2.21. The summed E-state index contributed by atoms with van der Waals surface area (Å²) >= 11 is 12.3. The molecule has 0 saturated carbocycles. The minimum atomic E-state index is 0.283. The molecule has 0 bridgehead atoms. The largest absolute Gasteiger partial charge is 0.374 e. The predicted molar refractivity (Wildman–Crippen MR) is 106 cm³/mol. The molecule has 0 fully saturated rings. The molecular weight excluding hydrogens is 337 g/mol. The van der Waals surface area contributed by atoms with Gasteiger partial charge in [-0.3, -0.25) is 0 Å². The number of rotatable bonds is 7. The monoisotopic (exact) mass is 361 g/mol. The molecule has 1 atom stereocenters. The third-order valence-corrected chi connectivity index (χ3v) is 5.06. The highest BCUT2D eigenvalue weighted by molar-refractivity contribution is 6.31. The molecule has 2 aromatic rings. The van der Waals surface area contributed by atoms with Crippen molar-refractivity contribution in [3.63, 3.8) is 0 Å². The van der Waals surface area contributed by atoms with Crippen LogP contribution in [0.3, 0.4) is 0 Å². The number of aryl methyl sites for hydroxylation is 1. The smallest absolute Gasteiger partial charge is 0.0438 e. The van der Waals surface area contributed by atoms with E-state index in [1.807, 2.05) is 19.1 Å². The maximum atomic E-state index is 6.33. The van der Waals surface area contributed by atoms with Gasteiger partial charge in [0.05, 0.1) is 0 Å². The van der Waals surface area contributed by atoms with Crippen molar-refractivity contribution in [2.24, 2.45) is 0 Å². The van der Waals surface area contributed by atoms with Gasteiger partial charge in [-0.15, -0.1) is 0 Å². The highest BCUT2D eigenvalue weighted by Gasteiger charge is 2.18. The number of benzene rings is 2. The van der Waals surface area contributed by atoms with E-state index in [0.717, 1.165) is 40.7 Å². The number of hydrogen-bond donors (Lipinski definition) is 0. The molecule has 128 valence electrons. The van der Waals surface area contributed by atoms with E-state index >= 15 is 0 Å². The topological polar surface area (TPSA) is 3.24 Å². The Kier molecular flexibility index (Phi) is 6.77. The molecule has 2 rings (SSSR count). The van der Waals surface area contributed by atoms with E-state index in [2.05, 4.69) is 55.8 Å². The molecule has 0 amide bonds. The van der Waals surface area contributed by atoms with Crippen molar-refractivity contribution in [1.29, 1.82) is 0 Å². The first-order valence-electron chi connectivity index (χ1n) is 8.32. The Bertz CT molecular complexity index is 691. The van der Waals surface area contributed by atoms with Gasteiger partial charge in [0.25, 0.3) is 0 Å². The van der Waals surface area contributed by atoms with E-state index in [0.29, 0.717) is 0 Å². The number of hydrogen-bond acceptors (Lipinski definition) is 1. The van der Waals surface area contributed by atoms with E-state index < -0.39 is 0 Å². The first kappa shape index (κ1) is 18.9. The summed E-state index contributed by atoms with van der Waals surface area (Å²) in [4.78, 5) is 2.22. The number of nitrogens with zero attached hydrogens (tertiary/aromatic N) is 1. The van der Waals surface area contributed by atoms with Crippen molar-refractivity contribution < 1.29 is 0 Å². The summed E-state index contributed by atoms with van der Waals surface area (Å²) in [5.41, 5.74) is 4.68. The zero-order valence-corrected chi connectivity index (χ0v) is 16.2. The molecular formula is C21H25Cl2N. The molecule has 0 aliphatic carbocycles. The van der Waals surface area contributed by atoms with Crippen LogP contribution < -0.4 is 0 Å². The van der Waals surface area contributed by atoms with Crippen LogP contribution in [0, 0.1) is 6.92 Å². The molecule has 3 heteroatoms. The van der Waals surface area contributed by atoms with Crippen LogP contribution in [0.4, 0.5) is 0 Å². The van der Waals surface area contributed by atoms with Gasteiger partial charge in [-0.25, -0.2) is 0 Å². The van der Waals surface area contributed by atoms with Crippen molar-refractivity contribution >= 4 is 23.2 Å². The van der Waals surface area contributed by atoms with Gasteiger partial charge >= 0.3 is 0 Å². The molecule has 2 aromatic carbocycles. The zero-order valence-electron chi connectivity index (χ0n) is 14.7. The van der Waals surface area contributed by atoms with Crippen LogP contribution in [0.1, 0.15) is 42.4 Å². The molecule has 0 aliphatic rings. The van der Waals surface area contributed by atoms with Crippen molar-refractivity contribution in [3.8, 4) is 0 Å². The van der Waals surface area contributed by atoms with Gasteiger partial charge in [-0.2, -0.15) is 0 Å². The van der Waals surface area contributed by atoms with Gasteiger partial charge < -0.3 is 4.90 Å². The third kappa shape index (κ3) is 4.78. The normalized spacial score (nSPS) is 12.0. The number of likely N-dealkylation sites (N-methyl/N-ethyl adjacent to an activating group) is 1. The summed E-state index contributed by atoms with van der Waals surface area (Å²) < 4.78 is 0. The molecule has 0 N–H and O–H groups in total. The second-order valence-electron chi connectivity index (χ2n) is 6.32. The second-order valence-corrected chi connectivity index (χ2v) is 7.17. The quantitative estimate of drug-likeness (QED) is 0.522. The van der Waals surface area contributed by atoms with Gasteiger partial charge in [-0.05, 0) is 48.2 Å². The molecule has 0 unspecified atom stereocenters. The fraction of sp³-hybridized carbons (Fsp3) is 0.333. The summed E-state index contributed by atoms with van der Waals surface area (Å²) in [6.07, 6.45) is 2.16. The van der Waals surface area contributed by atoms with E-state index in [9.17, 15) is 0 Å². The van der Waals surface area contributed by atoms with Crippen molar-refractivity contribution in [1.82, 2.24) is 4.90 Å². The van der Waals surface area contributed by atoms with Crippen LogP contribution >= 0.6 is 23.2 Å². The standard InChI is InChI=1S/C21H25Cl2N/c1-5-6-20(18-10-7-15(2)21(23)13-18)16(3)24(4)14-17-8-11-19(22)12-9-17/h7-13,20H,3,5-6,14H2,1-2,4H3/t20-/m1/s1. The Morgan fingerprint density at radius 1 is 1.12 bits per heavy atom. The van der Waals surface area contributed by atoms with Crippen molar-refractivity contribution in [2.45, 2.75) is 39.2 Å². The molecule has 0 aliphatic heterocycles. The minimum absolute atomic E-state index is 0.283. The van der Waals surface area contributed by atoms with E-state index in [4.69, 9.17) is 23.2 Å². The first-order valence-corrected chi connectivity index (χ1v) is 9.08. The van der Waals surface area contributed by atoms with Crippen LogP contribution in [0.2, 0.25) is 10.0 Å². The summed E-state index contributed by atoms with van der Waals surface area (Å²) in [6, 6.07) is 14.3. The summed E-state index contributed by atoms with van der Waals surface area (Å²) in [5, 5.41) is 1.58. The Labute approximate surface area is 155 Å². The van der Waals surface area contributed by atoms with E-state index in [-0.39, 0.29) is 5.92 Å². The van der Waals surface area contributed by atoms with Gasteiger partial charge in [0.15, 0.2) is 0 Å². The molecule has 0 aromatic heterocycles. The van der Waals surface area contributed by atoms with Crippen LogP contribution in [-0.2, 0) is 6.54 Å². The Morgan fingerprint density at radius 2 is 1.79 bits per heavy atom. The van der Waals surface area contributed by atoms with Crippen molar-refractivity contribution in [2.75, 3.05) is 7.05 Å². The third-order valence-electron chi connectivity index (χ3n) is 4.40. The van der Waals surface area contributed by atoms with Crippen LogP contribution in [-0.4, -0.2) is 11.9 Å². The minimum Gasteiger partial charge on any atom is -0.374 e. The van der Waals surface area contributed by atoms with Gasteiger partial charge in [0.1, 0.15) is 0 Å². The lowest BCUT2D eigenvalue weighted by Gasteiger charge is -2.29. The SMILES string of the molecule is C=C([C@@H](CCC)c1ccc(C)c(Cl)c1)N(C)Cc1ccc(Cl)cc1. The molecule has 1 nitrogen and oxygen atoms in total. The molecule has 24 heavy (non-hydrogen) atoms. The summed E-state index contributed by atoms with van der Waals surface area (Å²) in [6.45, 7) is 9.42. The fourth-order valence-corrected chi connectivity index (χ4v) is 3.19. The lowest BCUT2D eigenvalue weighted by atomic mass is 9.90. The summed E-state index contributed by atoms with van der Waals surface area (Å²) in [7, 11) is 2.09. The highest BCUT2D eigenvalue weighted by Crippen LogP contribution is 2.32. The van der Waals surface area contributed by atoms with E-state index in [1.165, 1.54) is 11.1 Å². The van der Waals surface area contributed by atoms with Crippen LogP contribution in [0.5, 0.6) is 0 Å². The van der Waals surface area contributed by atoms with Gasteiger partial charge in [0.2, 0.25) is 0 Å². The number of allylic oxidation sites excluding steroid dienone is 1. The van der Waals surface area contributed by atoms with Crippen LogP contribution in [0.15, 0.2) is 54.7 Å². The van der Waals surface area contributed by atoms with Gasteiger partial charge in [0, 0.05) is 35.3 Å². The fourth-order valence-electron chi connectivity index (χ4n) is 2.87. The molecule has 0 saturated heterocycles. The second kappa shape index (κ2) is 8.60. The average Bonchev–Trinajstić information content (AvgIpc) is 2.56. The molecule has 0 heterocycles. The van der Waals surface area contributed by atoms with Gasteiger partial charge in [-0.1, -0.05) is 67.4 Å².